The number of anilines is 1. The van der Waals surface area contributed by atoms with Gasteiger partial charge in [-0.3, -0.25) is 19.7 Å². The molecular weight excluding hydrogens is 275 g/mol. The van der Waals surface area contributed by atoms with E-state index in [1.165, 1.54) is 15.6 Å². The number of carbonyl (C=O) groups excluding carboxylic acids is 2. The van der Waals surface area contributed by atoms with Gasteiger partial charge in [0.15, 0.2) is 11.6 Å². The zero-order chi connectivity index (χ0) is 15.1. The zero-order valence-corrected chi connectivity index (χ0v) is 11.2. The predicted molar refractivity (Wildman–Crippen MR) is 74.1 cm³/mol. The number of rotatable bonds is 1. The molecule has 1 fully saturated rings. The summed E-state index contributed by atoms with van der Waals surface area (Å²) in [5.74, 6) is 1.46. The first-order chi connectivity index (χ1) is 10.0. The fourth-order valence-corrected chi connectivity index (χ4v) is 2.36. The topological polar surface area (TPSA) is 67.2 Å². The Balaban J connectivity index is 2.21. The Morgan fingerprint density at radius 1 is 1.43 bits per heavy atom. The van der Waals surface area contributed by atoms with Crippen molar-refractivity contribution >= 4 is 28.7 Å². The third-order valence-corrected chi connectivity index (χ3v) is 3.40. The third-order valence-electron chi connectivity index (χ3n) is 3.40. The summed E-state index contributed by atoms with van der Waals surface area (Å²) in [6, 6.07) is 2.52. The standard InChI is InChI=1S/C14H11FN4O2/c1-3-8-4-5-9-11(12(8)15)13(17-18(9)2)19-7-6-10(20)16-14(19)21/h1,4-5H,6-7H2,2H3,(H,16,20,21). The van der Waals surface area contributed by atoms with Gasteiger partial charge in [0.05, 0.1) is 16.5 Å². The Bertz CT molecular complexity index is 818. The van der Waals surface area contributed by atoms with E-state index in [9.17, 15) is 14.0 Å². The Labute approximate surface area is 119 Å². The molecule has 6 nitrogen and oxygen atoms in total. The van der Waals surface area contributed by atoms with Gasteiger partial charge in [-0.25, -0.2) is 9.18 Å². The Hall–Kier alpha value is -2.88. The molecule has 3 rings (SSSR count). The van der Waals surface area contributed by atoms with Crippen LogP contribution in [-0.2, 0) is 11.8 Å². The minimum absolute atomic E-state index is 0.102. The summed E-state index contributed by atoms with van der Waals surface area (Å²) in [5, 5.41) is 6.55. The molecule has 106 valence electrons. The number of terminal acetylenes is 1. The molecule has 1 aromatic carbocycles. The smallest absolute Gasteiger partial charge is 0.278 e. The monoisotopic (exact) mass is 286 g/mol. The maximum atomic E-state index is 14.5. The van der Waals surface area contributed by atoms with E-state index in [1.807, 2.05) is 0 Å². The van der Waals surface area contributed by atoms with Crippen molar-refractivity contribution in [1.82, 2.24) is 15.1 Å². The number of nitrogens with zero attached hydrogens (tertiary/aromatic N) is 3. The van der Waals surface area contributed by atoms with Crippen molar-refractivity contribution in [2.45, 2.75) is 6.42 Å². The van der Waals surface area contributed by atoms with Crippen LogP contribution in [-0.4, -0.2) is 28.3 Å². The molecule has 1 N–H and O–H groups in total. The largest absolute Gasteiger partial charge is 0.329 e. The van der Waals surface area contributed by atoms with Gasteiger partial charge in [0.2, 0.25) is 5.91 Å². The summed E-state index contributed by atoms with van der Waals surface area (Å²) in [5.41, 5.74) is 0.622. The number of nitrogens with one attached hydrogen (secondary N) is 1. The van der Waals surface area contributed by atoms with E-state index in [0.29, 0.717) is 5.52 Å². The number of hydrogen-bond donors (Lipinski definition) is 1. The highest BCUT2D eigenvalue weighted by atomic mass is 19.1. The van der Waals surface area contributed by atoms with Crippen molar-refractivity contribution in [3.05, 3.63) is 23.5 Å². The van der Waals surface area contributed by atoms with E-state index in [0.717, 1.165) is 0 Å². The van der Waals surface area contributed by atoms with Gasteiger partial charge in [-0.2, -0.15) is 5.10 Å². The van der Waals surface area contributed by atoms with Crippen LogP contribution in [0.2, 0.25) is 0 Å². The van der Waals surface area contributed by atoms with Crippen LogP contribution in [0.25, 0.3) is 10.9 Å². The lowest BCUT2D eigenvalue weighted by Gasteiger charge is -2.24. The van der Waals surface area contributed by atoms with Crippen LogP contribution < -0.4 is 10.2 Å². The van der Waals surface area contributed by atoms with E-state index in [2.05, 4.69) is 16.3 Å². The fourth-order valence-electron chi connectivity index (χ4n) is 2.36. The maximum Gasteiger partial charge on any atom is 0.329 e. The lowest BCUT2D eigenvalue weighted by atomic mass is 10.1. The van der Waals surface area contributed by atoms with E-state index in [-0.39, 0.29) is 35.6 Å². The van der Waals surface area contributed by atoms with Gasteiger partial charge in [0.25, 0.3) is 0 Å². The van der Waals surface area contributed by atoms with Gasteiger partial charge in [0.1, 0.15) is 0 Å². The third kappa shape index (κ3) is 1.92. The highest BCUT2D eigenvalue weighted by molar-refractivity contribution is 6.09. The summed E-state index contributed by atoms with van der Waals surface area (Å²) in [6.07, 6.45) is 5.41. The number of urea groups is 1. The molecule has 1 aliphatic rings. The summed E-state index contributed by atoms with van der Waals surface area (Å²) in [7, 11) is 1.65. The Kier molecular flexibility index (Phi) is 2.87. The highest BCUT2D eigenvalue weighted by Gasteiger charge is 2.29. The highest BCUT2D eigenvalue weighted by Crippen LogP contribution is 2.30. The lowest BCUT2D eigenvalue weighted by Crippen LogP contribution is -2.49. The van der Waals surface area contributed by atoms with Crippen LogP contribution >= 0.6 is 0 Å². The fraction of sp³-hybridized carbons (Fsp3) is 0.214. The van der Waals surface area contributed by atoms with Crippen LogP contribution in [0.3, 0.4) is 0 Å². The van der Waals surface area contributed by atoms with E-state index in [1.54, 1.807) is 13.1 Å². The van der Waals surface area contributed by atoms with E-state index >= 15 is 0 Å². The van der Waals surface area contributed by atoms with Crippen molar-refractivity contribution in [2.75, 3.05) is 11.4 Å². The summed E-state index contributed by atoms with van der Waals surface area (Å²) in [6.45, 7) is 0.149. The molecular formula is C14H11FN4O2. The number of amides is 3. The zero-order valence-electron chi connectivity index (χ0n) is 11.2. The molecule has 0 spiro atoms. The van der Waals surface area contributed by atoms with Crippen LogP contribution in [0.15, 0.2) is 12.1 Å². The number of imide groups is 1. The number of aromatic nitrogens is 2. The van der Waals surface area contributed by atoms with E-state index < -0.39 is 11.8 Å². The average Bonchev–Trinajstić information content (AvgIpc) is 2.77. The molecule has 0 radical (unpaired) electrons. The van der Waals surface area contributed by atoms with Crippen LogP contribution in [0, 0.1) is 18.2 Å². The van der Waals surface area contributed by atoms with Gasteiger partial charge in [-0.15, -0.1) is 6.42 Å². The molecule has 1 aliphatic heterocycles. The van der Waals surface area contributed by atoms with Gasteiger partial charge >= 0.3 is 6.03 Å². The van der Waals surface area contributed by atoms with Gasteiger partial charge in [0, 0.05) is 20.0 Å². The summed E-state index contributed by atoms with van der Waals surface area (Å²) >= 11 is 0. The normalized spacial score (nSPS) is 15.2. The first-order valence-corrected chi connectivity index (χ1v) is 6.26. The van der Waals surface area contributed by atoms with Crippen LogP contribution in [0.4, 0.5) is 15.0 Å². The summed E-state index contributed by atoms with van der Waals surface area (Å²) < 4.78 is 16.0. The molecule has 7 heteroatoms. The average molecular weight is 286 g/mol. The lowest BCUT2D eigenvalue weighted by molar-refractivity contribution is -0.120. The molecule has 21 heavy (non-hydrogen) atoms. The van der Waals surface area contributed by atoms with Gasteiger partial charge in [-0.05, 0) is 12.1 Å². The van der Waals surface area contributed by atoms with Crippen molar-refractivity contribution < 1.29 is 14.0 Å². The van der Waals surface area contributed by atoms with Crippen molar-refractivity contribution in [3.63, 3.8) is 0 Å². The number of benzene rings is 1. The minimum atomic E-state index is -0.614. The molecule has 1 aromatic heterocycles. The molecule has 0 unspecified atom stereocenters. The molecule has 0 atom stereocenters. The second kappa shape index (κ2) is 4.59. The number of aryl methyl sites for hydroxylation is 1. The first-order valence-electron chi connectivity index (χ1n) is 6.26. The molecule has 2 heterocycles. The minimum Gasteiger partial charge on any atom is -0.278 e. The van der Waals surface area contributed by atoms with Crippen molar-refractivity contribution in [1.29, 1.82) is 0 Å². The number of halogens is 1. The quantitative estimate of drug-likeness (QED) is 0.799. The van der Waals surface area contributed by atoms with Crippen molar-refractivity contribution in [2.24, 2.45) is 7.05 Å². The Morgan fingerprint density at radius 3 is 2.86 bits per heavy atom. The number of carbonyl (C=O) groups is 2. The molecule has 3 amide bonds. The van der Waals surface area contributed by atoms with Gasteiger partial charge in [-0.1, -0.05) is 5.92 Å². The first kappa shape index (κ1) is 13.1. The predicted octanol–water partition coefficient (Wildman–Crippen LogP) is 1.14. The van der Waals surface area contributed by atoms with Gasteiger partial charge < -0.3 is 0 Å². The Morgan fingerprint density at radius 2 is 2.19 bits per heavy atom. The van der Waals surface area contributed by atoms with Crippen LogP contribution in [0.5, 0.6) is 0 Å². The second-order valence-electron chi connectivity index (χ2n) is 4.67. The molecule has 1 saturated heterocycles. The molecule has 0 aliphatic carbocycles. The second-order valence-corrected chi connectivity index (χ2v) is 4.67. The summed E-state index contributed by atoms with van der Waals surface area (Å²) in [4.78, 5) is 24.4. The number of hydrogen-bond acceptors (Lipinski definition) is 3. The SMILES string of the molecule is C#Cc1ccc2c(c(N3CCC(=O)NC3=O)nn2C)c1F. The van der Waals surface area contributed by atoms with Crippen LogP contribution in [0.1, 0.15) is 12.0 Å². The molecule has 0 saturated carbocycles. The molecule has 0 bridgehead atoms. The van der Waals surface area contributed by atoms with Crippen molar-refractivity contribution in [3.8, 4) is 12.3 Å². The molecule has 2 aromatic rings. The maximum absolute atomic E-state index is 14.5. The van der Waals surface area contributed by atoms with E-state index in [4.69, 9.17) is 6.42 Å². The number of fused-ring (bicyclic) bond motifs is 1.